The van der Waals surface area contributed by atoms with Crippen molar-refractivity contribution in [3.05, 3.63) is 21.9 Å². The molecule has 0 bridgehead atoms. The number of carboxylic acids is 1. The zero-order chi connectivity index (χ0) is 15.0. The van der Waals surface area contributed by atoms with E-state index in [1.54, 1.807) is 0 Å². The summed E-state index contributed by atoms with van der Waals surface area (Å²) >= 11 is 0.863. The minimum absolute atomic E-state index is 0.106. The first-order valence-corrected chi connectivity index (χ1v) is 8.98. The lowest BCUT2D eigenvalue weighted by atomic mass is 10.3. The van der Waals surface area contributed by atoms with Gasteiger partial charge in [0, 0.05) is 23.4 Å². The van der Waals surface area contributed by atoms with Gasteiger partial charge in [-0.05, 0) is 6.07 Å². The number of hydrogen-bond donors (Lipinski definition) is 2. The molecule has 4 nitrogen and oxygen atoms in total. The third kappa shape index (κ3) is 6.58. The van der Waals surface area contributed by atoms with E-state index in [9.17, 15) is 18.4 Å². The van der Waals surface area contributed by atoms with Gasteiger partial charge in [-0.3, -0.25) is 9.59 Å². The van der Waals surface area contributed by atoms with E-state index in [1.165, 1.54) is 33.0 Å². The highest BCUT2D eigenvalue weighted by molar-refractivity contribution is 8.76. The summed E-state index contributed by atoms with van der Waals surface area (Å²) in [6.07, 6.45) is -2.45. The summed E-state index contributed by atoms with van der Waals surface area (Å²) in [4.78, 5) is 21.8. The molecular weight excluding hydrogens is 328 g/mol. The van der Waals surface area contributed by atoms with Crippen LogP contribution in [0, 0.1) is 0 Å². The molecule has 0 aliphatic heterocycles. The van der Waals surface area contributed by atoms with Gasteiger partial charge >= 0.3 is 5.97 Å². The van der Waals surface area contributed by atoms with Gasteiger partial charge in [-0.1, -0.05) is 21.6 Å². The molecule has 0 saturated heterocycles. The standard InChI is InChI=1S/C11H13F2NO3S3/c12-10(13)8-5-7(6-18-8)11(17)14-2-4-20-19-3-1-9(15)16/h5-6,10H,1-4H2,(H,14,17)(H,15,16). The summed E-state index contributed by atoms with van der Waals surface area (Å²) in [6.45, 7) is 0.406. The number of carbonyl (C=O) groups is 2. The van der Waals surface area contributed by atoms with Crippen LogP contribution < -0.4 is 5.32 Å². The fourth-order valence-corrected chi connectivity index (χ4v) is 3.76. The average molecular weight is 341 g/mol. The van der Waals surface area contributed by atoms with Crippen LogP contribution in [0.1, 0.15) is 28.1 Å². The highest BCUT2D eigenvalue weighted by Gasteiger charge is 2.13. The second-order valence-electron chi connectivity index (χ2n) is 3.58. The lowest BCUT2D eigenvalue weighted by molar-refractivity contribution is -0.136. The van der Waals surface area contributed by atoms with E-state index >= 15 is 0 Å². The number of nitrogens with one attached hydrogen (secondary N) is 1. The molecule has 0 aliphatic carbocycles. The van der Waals surface area contributed by atoms with Crippen LogP contribution in [0.3, 0.4) is 0 Å². The molecule has 0 spiro atoms. The van der Waals surface area contributed by atoms with Gasteiger partial charge in [0.2, 0.25) is 0 Å². The van der Waals surface area contributed by atoms with E-state index in [4.69, 9.17) is 5.11 Å². The SMILES string of the molecule is O=C(O)CCSSCCNC(=O)c1csc(C(F)F)c1. The van der Waals surface area contributed by atoms with Gasteiger partial charge < -0.3 is 10.4 Å². The number of hydrogen-bond acceptors (Lipinski definition) is 5. The van der Waals surface area contributed by atoms with E-state index < -0.39 is 12.4 Å². The molecule has 1 rings (SSSR count). The second-order valence-corrected chi connectivity index (χ2v) is 7.23. The number of halogens is 2. The van der Waals surface area contributed by atoms with Crippen LogP contribution in [0.4, 0.5) is 8.78 Å². The Balaban J connectivity index is 2.15. The fourth-order valence-electron chi connectivity index (χ4n) is 1.14. The molecule has 0 atom stereocenters. The first-order chi connectivity index (χ1) is 9.50. The zero-order valence-corrected chi connectivity index (χ0v) is 12.8. The molecule has 1 amide bonds. The number of thiophene rings is 1. The molecule has 9 heteroatoms. The Kier molecular flexibility index (Phi) is 7.93. The van der Waals surface area contributed by atoms with E-state index in [-0.39, 0.29) is 22.8 Å². The van der Waals surface area contributed by atoms with Crippen LogP contribution in [-0.2, 0) is 4.79 Å². The smallest absolute Gasteiger partial charge is 0.304 e. The zero-order valence-electron chi connectivity index (χ0n) is 10.3. The van der Waals surface area contributed by atoms with Crippen molar-refractivity contribution in [1.82, 2.24) is 5.32 Å². The van der Waals surface area contributed by atoms with E-state index in [0.717, 1.165) is 11.3 Å². The Hall–Kier alpha value is -0.800. The van der Waals surface area contributed by atoms with E-state index in [0.29, 0.717) is 18.1 Å². The molecular formula is C11H13F2NO3S3. The van der Waals surface area contributed by atoms with Crippen molar-refractivity contribution >= 4 is 44.8 Å². The molecule has 2 N–H and O–H groups in total. The number of amides is 1. The minimum atomic E-state index is -2.55. The predicted molar refractivity (Wildman–Crippen MR) is 78.8 cm³/mol. The van der Waals surface area contributed by atoms with Crippen LogP contribution in [0.2, 0.25) is 0 Å². The summed E-state index contributed by atoms with van der Waals surface area (Å²) < 4.78 is 24.7. The first-order valence-electron chi connectivity index (χ1n) is 5.61. The van der Waals surface area contributed by atoms with Crippen molar-refractivity contribution in [2.24, 2.45) is 0 Å². The molecule has 0 radical (unpaired) electrons. The largest absolute Gasteiger partial charge is 0.481 e. The lowest BCUT2D eigenvalue weighted by Crippen LogP contribution is -2.25. The Morgan fingerprint density at radius 1 is 1.35 bits per heavy atom. The number of aliphatic carboxylic acids is 1. The third-order valence-corrected chi connectivity index (χ3v) is 5.40. The highest BCUT2D eigenvalue weighted by atomic mass is 33.1. The van der Waals surface area contributed by atoms with Crippen LogP contribution >= 0.6 is 32.9 Å². The van der Waals surface area contributed by atoms with Gasteiger partial charge in [-0.15, -0.1) is 11.3 Å². The molecule has 0 saturated carbocycles. The molecule has 112 valence electrons. The summed E-state index contributed by atoms with van der Waals surface area (Å²) in [5.41, 5.74) is 0.244. The quantitative estimate of drug-likeness (QED) is 0.533. The Labute approximate surface area is 126 Å². The van der Waals surface area contributed by atoms with Crippen LogP contribution in [0.25, 0.3) is 0 Å². The van der Waals surface area contributed by atoms with E-state index in [2.05, 4.69) is 5.32 Å². The number of carboxylic acid groups (broad SMARTS) is 1. The van der Waals surface area contributed by atoms with Crippen molar-refractivity contribution in [3.8, 4) is 0 Å². The third-order valence-electron chi connectivity index (χ3n) is 2.05. The molecule has 1 aromatic rings. The van der Waals surface area contributed by atoms with Gasteiger partial charge in [0.15, 0.2) is 0 Å². The summed E-state index contributed by atoms with van der Waals surface area (Å²) in [5, 5.41) is 12.5. The first kappa shape index (κ1) is 17.3. The molecule has 0 aliphatic rings. The molecule has 20 heavy (non-hydrogen) atoms. The number of alkyl halides is 2. The monoisotopic (exact) mass is 341 g/mol. The number of carbonyl (C=O) groups excluding carboxylic acids is 1. The van der Waals surface area contributed by atoms with Crippen LogP contribution in [-0.4, -0.2) is 35.0 Å². The van der Waals surface area contributed by atoms with Gasteiger partial charge in [-0.2, -0.15) is 0 Å². The van der Waals surface area contributed by atoms with Gasteiger partial charge in [0.25, 0.3) is 12.3 Å². The maximum Gasteiger partial charge on any atom is 0.304 e. The van der Waals surface area contributed by atoms with Crippen molar-refractivity contribution in [2.45, 2.75) is 12.8 Å². The molecule has 1 heterocycles. The van der Waals surface area contributed by atoms with Gasteiger partial charge in [0.1, 0.15) is 0 Å². The van der Waals surface area contributed by atoms with Crippen molar-refractivity contribution in [3.63, 3.8) is 0 Å². The topological polar surface area (TPSA) is 66.4 Å². The van der Waals surface area contributed by atoms with Crippen molar-refractivity contribution in [2.75, 3.05) is 18.1 Å². The fraction of sp³-hybridized carbons (Fsp3) is 0.455. The maximum absolute atomic E-state index is 12.4. The summed E-state index contributed by atoms with van der Waals surface area (Å²) in [7, 11) is 2.89. The predicted octanol–water partition coefficient (Wildman–Crippen LogP) is 3.27. The minimum Gasteiger partial charge on any atom is -0.481 e. The summed E-state index contributed by atoms with van der Waals surface area (Å²) in [5.74, 6) is -0.0686. The second kappa shape index (κ2) is 9.19. The molecule has 0 aromatic carbocycles. The van der Waals surface area contributed by atoms with Crippen LogP contribution in [0.15, 0.2) is 11.4 Å². The molecule has 1 aromatic heterocycles. The van der Waals surface area contributed by atoms with Crippen LogP contribution in [0.5, 0.6) is 0 Å². The molecule has 0 unspecified atom stereocenters. The van der Waals surface area contributed by atoms with Gasteiger partial charge in [0.05, 0.1) is 16.9 Å². The normalized spacial score (nSPS) is 10.8. The Bertz CT molecular complexity index is 454. The van der Waals surface area contributed by atoms with Crippen molar-refractivity contribution < 1.29 is 23.5 Å². The lowest BCUT2D eigenvalue weighted by Gasteiger charge is -2.03. The van der Waals surface area contributed by atoms with E-state index in [1.807, 2.05) is 0 Å². The number of rotatable bonds is 9. The average Bonchev–Trinajstić information content (AvgIpc) is 2.86. The Morgan fingerprint density at radius 2 is 2.05 bits per heavy atom. The maximum atomic E-state index is 12.4. The van der Waals surface area contributed by atoms with Gasteiger partial charge in [-0.25, -0.2) is 8.78 Å². The Morgan fingerprint density at radius 3 is 2.65 bits per heavy atom. The molecule has 0 fully saturated rings. The van der Waals surface area contributed by atoms with Crippen molar-refractivity contribution in [1.29, 1.82) is 0 Å². The summed E-state index contributed by atoms with van der Waals surface area (Å²) in [6, 6.07) is 1.19. The highest BCUT2D eigenvalue weighted by Crippen LogP contribution is 2.26.